The van der Waals surface area contributed by atoms with Crippen LogP contribution in [-0.2, 0) is 34.3 Å². The fourth-order valence-electron chi connectivity index (χ4n) is 4.90. The molecule has 1 saturated heterocycles. The van der Waals surface area contributed by atoms with E-state index in [4.69, 9.17) is 11.3 Å². The topological polar surface area (TPSA) is 107 Å². The van der Waals surface area contributed by atoms with Crippen LogP contribution < -0.4 is 15.4 Å². The fourth-order valence-corrected chi connectivity index (χ4v) is 6.27. The summed E-state index contributed by atoms with van der Waals surface area (Å²) in [7, 11) is 1.75. The molecule has 1 aromatic carbocycles. The summed E-state index contributed by atoms with van der Waals surface area (Å²) < 4.78 is 7.50. The van der Waals surface area contributed by atoms with Gasteiger partial charge in [-0.25, -0.2) is 4.85 Å². The highest BCUT2D eigenvalue weighted by atomic mass is 32.1. The first-order chi connectivity index (χ1) is 16.9. The van der Waals surface area contributed by atoms with E-state index in [0.29, 0.717) is 40.0 Å². The summed E-state index contributed by atoms with van der Waals surface area (Å²) in [5.41, 5.74) is 2.87. The minimum Gasteiger partial charge on any atom is -0.481 e. The van der Waals surface area contributed by atoms with Crippen LogP contribution in [0.25, 0.3) is 15.7 Å². The molecule has 3 heterocycles. The first-order valence-electron chi connectivity index (χ1n) is 11.6. The smallest absolute Gasteiger partial charge is 0.261 e. The molecule has 0 bridgehead atoms. The summed E-state index contributed by atoms with van der Waals surface area (Å²) >= 11 is 1.49. The molecule has 35 heavy (non-hydrogen) atoms. The van der Waals surface area contributed by atoms with Gasteiger partial charge in [0.2, 0.25) is 17.5 Å². The highest BCUT2D eigenvalue weighted by Gasteiger charge is 2.32. The van der Waals surface area contributed by atoms with Crippen molar-refractivity contribution in [3.63, 3.8) is 0 Å². The number of amides is 3. The number of benzene rings is 1. The van der Waals surface area contributed by atoms with Gasteiger partial charge < -0.3 is 10.1 Å². The normalized spacial score (nSPS) is 19.7. The molecule has 2 N–H and O–H groups in total. The van der Waals surface area contributed by atoms with Crippen molar-refractivity contribution in [3.8, 4) is 5.75 Å². The maximum atomic E-state index is 12.7. The summed E-state index contributed by atoms with van der Waals surface area (Å²) in [4.78, 5) is 41.5. The van der Waals surface area contributed by atoms with Crippen LogP contribution in [0.3, 0.4) is 0 Å². The maximum Gasteiger partial charge on any atom is 0.261 e. The zero-order chi connectivity index (χ0) is 24.7. The summed E-state index contributed by atoms with van der Waals surface area (Å²) in [6.45, 7) is 9.57. The van der Waals surface area contributed by atoms with E-state index >= 15 is 0 Å². The SMILES string of the molecule is [C-]#[N+]c1c(NC(=O)COc2cccc3c(C4CCC(=O)NC4=O)nn(C)c23)sc2c1CCC(C)C2. The molecule has 2 atom stereocenters. The second-order valence-corrected chi connectivity index (χ2v) is 10.2. The summed E-state index contributed by atoms with van der Waals surface area (Å²) in [6, 6.07) is 5.40. The summed E-state index contributed by atoms with van der Waals surface area (Å²) in [6.07, 6.45) is 3.53. The number of para-hydroxylation sites is 1. The number of rotatable bonds is 5. The van der Waals surface area contributed by atoms with E-state index in [1.807, 2.05) is 6.07 Å². The van der Waals surface area contributed by atoms with Gasteiger partial charge in [-0.2, -0.15) is 5.10 Å². The van der Waals surface area contributed by atoms with Crippen LogP contribution in [0.1, 0.15) is 48.2 Å². The Hall–Kier alpha value is -3.71. The number of hydrogen-bond acceptors (Lipinski definition) is 6. The highest BCUT2D eigenvalue weighted by molar-refractivity contribution is 7.17. The zero-order valence-electron chi connectivity index (χ0n) is 19.5. The van der Waals surface area contributed by atoms with Crippen LogP contribution in [0.4, 0.5) is 10.7 Å². The van der Waals surface area contributed by atoms with Crippen molar-refractivity contribution in [3.05, 3.63) is 45.8 Å². The molecule has 2 unspecified atom stereocenters. The molecule has 10 heteroatoms. The van der Waals surface area contributed by atoms with E-state index in [1.165, 1.54) is 16.2 Å². The second-order valence-electron chi connectivity index (χ2n) is 9.14. The van der Waals surface area contributed by atoms with Crippen molar-refractivity contribution in [2.75, 3.05) is 11.9 Å². The minimum atomic E-state index is -0.519. The molecular weight excluding hydrogens is 466 g/mol. The average molecular weight is 492 g/mol. The lowest BCUT2D eigenvalue weighted by Gasteiger charge is -2.19. The monoisotopic (exact) mass is 491 g/mol. The number of fused-ring (bicyclic) bond motifs is 2. The van der Waals surface area contributed by atoms with Crippen LogP contribution in [0.2, 0.25) is 0 Å². The number of piperidine rings is 1. The van der Waals surface area contributed by atoms with Gasteiger partial charge in [-0.1, -0.05) is 19.1 Å². The van der Waals surface area contributed by atoms with E-state index in [2.05, 4.69) is 27.5 Å². The number of carbonyl (C=O) groups excluding carboxylic acids is 3. The van der Waals surface area contributed by atoms with E-state index < -0.39 is 5.92 Å². The van der Waals surface area contributed by atoms with Crippen LogP contribution in [0.15, 0.2) is 18.2 Å². The number of imide groups is 1. The van der Waals surface area contributed by atoms with Gasteiger partial charge in [0.05, 0.1) is 18.2 Å². The molecule has 3 aromatic rings. The van der Waals surface area contributed by atoms with E-state index in [9.17, 15) is 14.4 Å². The van der Waals surface area contributed by atoms with Crippen LogP contribution in [0.5, 0.6) is 5.75 Å². The molecule has 3 amide bonds. The van der Waals surface area contributed by atoms with Gasteiger partial charge in [0.15, 0.2) is 6.61 Å². The van der Waals surface area contributed by atoms with Crippen molar-refractivity contribution in [2.45, 2.75) is 44.9 Å². The Labute approximate surface area is 206 Å². The van der Waals surface area contributed by atoms with Crippen molar-refractivity contribution in [1.82, 2.24) is 15.1 Å². The molecule has 1 fully saturated rings. The Morgan fingerprint density at radius 1 is 1.34 bits per heavy atom. The van der Waals surface area contributed by atoms with E-state index in [0.717, 1.165) is 30.2 Å². The number of nitrogens with zero attached hydrogens (tertiary/aromatic N) is 3. The molecule has 2 aromatic heterocycles. The molecule has 2 aliphatic rings. The Morgan fingerprint density at radius 3 is 2.94 bits per heavy atom. The molecule has 0 saturated carbocycles. The number of ether oxygens (including phenoxy) is 1. The molecule has 0 radical (unpaired) electrons. The van der Waals surface area contributed by atoms with Gasteiger partial charge >= 0.3 is 0 Å². The van der Waals surface area contributed by atoms with Gasteiger partial charge in [0.1, 0.15) is 16.3 Å². The lowest BCUT2D eigenvalue weighted by molar-refractivity contribution is -0.134. The predicted molar refractivity (Wildman–Crippen MR) is 132 cm³/mol. The lowest BCUT2D eigenvalue weighted by Crippen LogP contribution is -2.39. The van der Waals surface area contributed by atoms with Crippen LogP contribution in [-0.4, -0.2) is 34.1 Å². The van der Waals surface area contributed by atoms with Crippen LogP contribution >= 0.6 is 11.3 Å². The fraction of sp³-hybridized carbons (Fsp3) is 0.400. The molecule has 1 aliphatic heterocycles. The maximum absolute atomic E-state index is 12.7. The first kappa shape index (κ1) is 23.1. The number of nitrogens with one attached hydrogen (secondary N) is 2. The van der Waals surface area contributed by atoms with Gasteiger partial charge in [-0.15, -0.1) is 11.3 Å². The zero-order valence-corrected chi connectivity index (χ0v) is 20.3. The van der Waals surface area contributed by atoms with E-state index in [-0.39, 0.29) is 30.7 Å². The minimum absolute atomic E-state index is 0.228. The lowest BCUT2D eigenvalue weighted by atomic mass is 9.90. The molecule has 0 spiro atoms. The summed E-state index contributed by atoms with van der Waals surface area (Å²) in [5.74, 6) is -0.438. The third kappa shape index (κ3) is 4.28. The molecule has 5 rings (SSSR count). The second kappa shape index (κ2) is 9.15. The quantitative estimate of drug-likeness (QED) is 0.417. The van der Waals surface area contributed by atoms with Gasteiger partial charge in [-0.05, 0) is 48.1 Å². The van der Waals surface area contributed by atoms with Gasteiger partial charge in [-0.3, -0.25) is 24.4 Å². The molecule has 1 aliphatic carbocycles. The number of aromatic nitrogens is 2. The highest BCUT2D eigenvalue weighted by Crippen LogP contribution is 2.45. The third-order valence-electron chi connectivity index (χ3n) is 6.63. The summed E-state index contributed by atoms with van der Waals surface area (Å²) in [5, 5.41) is 11.1. The molecule has 9 nitrogen and oxygen atoms in total. The number of thiophene rings is 1. The van der Waals surface area contributed by atoms with Gasteiger partial charge in [0, 0.05) is 18.9 Å². The third-order valence-corrected chi connectivity index (χ3v) is 7.79. The standard InChI is InChI=1S/C25H25N5O4S/c1-13-7-8-14-18(11-13)35-25(22(14)26-2)28-20(32)12-34-17-6-4-5-15-21(29-30(3)23(15)17)16-9-10-19(31)27-24(16)33/h4-6,13,16H,7-12H2,1,3H3,(H,28,32)(H,27,31,33). The number of hydrogen-bond donors (Lipinski definition) is 2. The van der Waals surface area contributed by atoms with Crippen molar-refractivity contribution in [2.24, 2.45) is 13.0 Å². The van der Waals surface area contributed by atoms with E-state index in [1.54, 1.807) is 23.9 Å². The Balaban J connectivity index is 1.33. The number of anilines is 1. The predicted octanol–water partition coefficient (Wildman–Crippen LogP) is 3.85. The molecule has 180 valence electrons. The first-order valence-corrected chi connectivity index (χ1v) is 12.4. The van der Waals surface area contributed by atoms with Gasteiger partial charge in [0.25, 0.3) is 5.91 Å². The Kier molecular flexibility index (Phi) is 6.03. The van der Waals surface area contributed by atoms with Crippen molar-refractivity contribution >= 4 is 50.6 Å². The largest absolute Gasteiger partial charge is 0.481 e. The molecular formula is C25H25N5O4S. The van der Waals surface area contributed by atoms with Crippen molar-refractivity contribution in [1.29, 1.82) is 0 Å². The Morgan fingerprint density at radius 2 is 2.17 bits per heavy atom. The average Bonchev–Trinajstić information content (AvgIpc) is 3.34. The van der Waals surface area contributed by atoms with Crippen molar-refractivity contribution < 1.29 is 19.1 Å². The van der Waals surface area contributed by atoms with Crippen LogP contribution in [0, 0.1) is 12.5 Å². The number of carbonyl (C=O) groups is 3. The Bertz CT molecular complexity index is 1400. The number of aryl methyl sites for hydroxylation is 1.